The van der Waals surface area contributed by atoms with E-state index in [1.54, 1.807) is 51.1 Å². The maximum atomic E-state index is 12.8. The van der Waals surface area contributed by atoms with Crippen molar-refractivity contribution in [2.24, 2.45) is 5.73 Å². The van der Waals surface area contributed by atoms with Gasteiger partial charge in [0, 0.05) is 6.42 Å². The van der Waals surface area contributed by atoms with Crippen LogP contribution in [0.4, 0.5) is 4.79 Å². The topological polar surface area (TPSA) is 156 Å². The Balaban J connectivity index is 3.32. The summed E-state index contributed by atoms with van der Waals surface area (Å²) in [5.41, 5.74) is 2.64. The number of hydrogen-bond donors (Lipinski definition) is 4. The lowest BCUT2D eigenvalue weighted by Crippen LogP contribution is -2.66. The number of nitrogens with two attached hydrogens (primary N) is 1. The van der Waals surface area contributed by atoms with E-state index in [-0.39, 0.29) is 0 Å². The predicted molar refractivity (Wildman–Crippen MR) is 95.1 cm³/mol. The second kappa shape index (κ2) is 8.63. The number of hydrogen-bond acceptors (Lipinski definition) is 6. The number of carbonyl (C=O) groups excluding carboxylic acids is 2. The number of ether oxygens (including phenoxy) is 1. The van der Waals surface area contributed by atoms with E-state index in [1.807, 2.05) is 0 Å². The highest BCUT2D eigenvalue weighted by Crippen LogP contribution is 2.20. The van der Waals surface area contributed by atoms with E-state index in [4.69, 9.17) is 15.6 Å². The second-order valence-electron chi connectivity index (χ2n) is 7.07. The first-order valence-electron chi connectivity index (χ1n) is 8.17. The lowest BCUT2D eigenvalue weighted by molar-refractivity contribution is -0.152. The largest absolute Gasteiger partial charge is 0.481 e. The molecule has 148 valence electrons. The highest BCUT2D eigenvalue weighted by Gasteiger charge is 2.50. The van der Waals surface area contributed by atoms with Gasteiger partial charge in [-0.3, -0.25) is 14.9 Å². The molecule has 0 aliphatic heterocycles. The zero-order valence-electron chi connectivity index (χ0n) is 15.4. The molecule has 0 fully saturated rings. The molecule has 9 heteroatoms. The van der Waals surface area contributed by atoms with E-state index < -0.39 is 53.8 Å². The monoisotopic (exact) mass is 380 g/mol. The number of Topliss-reactive ketones (excluding diaryl/α,β-unsaturated/α-hetero) is 1. The Morgan fingerprint density at radius 1 is 1.11 bits per heavy atom. The maximum Gasteiger partial charge on any atom is 0.408 e. The van der Waals surface area contributed by atoms with Crippen molar-refractivity contribution in [3.63, 3.8) is 0 Å². The molecule has 0 aliphatic carbocycles. The molecule has 0 aromatic heterocycles. The fourth-order valence-corrected chi connectivity index (χ4v) is 2.40. The summed E-state index contributed by atoms with van der Waals surface area (Å²) in [7, 11) is 0. The number of alkyl carbamates (subject to hydrolysis) is 1. The van der Waals surface area contributed by atoms with Crippen LogP contribution < -0.4 is 11.1 Å². The summed E-state index contributed by atoms with van der Waals surface area (Å²) < 4.78 is 5.07. The summed E-state index contributed by atoms with van der Waals surface area (Å²) in [6.07, 6.45) is -2.33. The van der Waals surface area contributed by atoms with Crippen molar-refractivity contribution < 1.29 is 34.1 Å². The minimum Gasteiger partial charge on any atom is -0.481 e. The van der Waals surface area contributed by atoms with E-state index >= 15 is 0 Å². The number of ketones is 1. The van der Waals surface area contributed by atoms with Crippen molar-refractivity contribution in [1.29, 1.82) is 0 Å². The lowest BCUT2D eigenvalue weighted by atomic mass is 9.82. The molecule has 9 nitrogen and oxygen atoms in total. The van der Waals surface area contributed by atoms with E-state index in [1.165, 1.54) is 0 Å². The van der Waals surface area contributed by atoms with Crippen LogP contribution in [0.5, 0.6) is 0 Å². The fraction of sp³-hybridized carbons (Fsp3) is 0.444. The van der Waals surface area contributed by atoms with E-state index in [9.17, 15) is 24.3 Å². The molecule has 1 aromatic carbocycles. The van der Waals surface area contributed by atoms with Gasteiger partial charge in [-0.1, -0.05) is 30.3 Å². The average Bonchev–Trinajstić information content (AvgIpc) is 2.51. The predicted octanol–water partition coefficient (Wildman–Crippen LogP) is 0.948. The molecule has 0 saturated heterocycles. The van der Waals surface area contributed by atoms with E-state index in [2.05, 4.69) is 5.32 Å². The average molecular weight is 380 g/mol. The van der Waals surface area contributed by atoms with Gasteiger partial charge < -0.3 is 20.7 Å². The first kappa shape index (κ1) is 22.1. The van der Waals surface area contributed by atoms with Crippen molar-refractivity contribution in [1.82, 2.24) is 5.32 Å². The molecule has 0 bridgehead atoms. The van der Waals surface area contributed by atoms with Crippen molar-refractivity contribution >= 4 is 23.8 Å². The molecule has 1 aromatic rings. The summed E-state index contributed by atoms with van der Waals surface area (Å²) in [6, 6.07) is 6.49. The molecular formula is C18H24N2O7. The maximum absolute atomic E-state index is 12.8. The molecule has 5 N–H and O–H groups in total. The van der Waals surface area contributed by atoms with Crippen LogP contribution in [0.3, 0.4) is 0 Å². The fourth-order valence-electron chi connectivity index (χ4n) is 2.40. The Kier molecular flexibility index (Phi) is 7.06. The minimum atomic E-state index is -2.47. The zero-order valence-corrected chi connectivity index (χ0v) is 15.4. The van der Waals surface area contributed by atoms with Crippen LogP contribution in [0, 0.1) is 0 Å². The number of aliphatic carboxylic acids is 2. The first-order valence-corrected chi connectivity index (χ1v) is 8.17. The first-order chi connectivity index (χ1) is 12.4. The third kappa shape index (κ3) is 6.37. The molecule has 1 amide bonds. The van der Waals surface area contributed by atoms with Crippen LogP contribution in [0.25, 0.3) is 0 Å². The van der Waals surface area contributed by atoms with Gasteiger partial charge in [-0.2, -0.15) is 0 Å². The molecule has 0 radical (unpaired) electrons. The quantitative estimate of drug-likeness (QED) is 0.486. The van der Waals surface area contributed by atoms with Gasteiger partial charge in [0.1, 0.15) is 5.60 Å². The summed E-state index contributed by atoms with van der Waals surface area (Å²) in [5.74, 6) is -4.16. The number of amides is 1. The Morgan fingerprint density at radius 3 is 2.11 bits per heavy atom. The molecular weight excluding hydrogens is 356 g/mol. The lowest BCUT2D eigenvalue weighted by Gasteiger charge is -2.32. The van der Waals surface area contributed by atoms with Gasteiger partial charge in [-0.15, -0.1) is 0 Å². The molecule has 1 rings (SSSR count). The van der Waals surface area contributed by atoms with Crippen LogP contribution in [0.2, 0.25) is 0 Å². The Bertz CT molecular complexity index is 712. The molecule has 0 saturated carbocycles. The van der Waals surface area contributed by atoms with Crippen LogP contribution >= 0.6 is 0 Å². The molecule has 0 unspecified atom stereocenters. The van der Waals surface area contributed by atoms with Gasteiger partial charge in [0.25, 0.3) is 0 Å². The second-order valence-corrected chi connectivity index (χ2v) is 7.07. The third-order valence-corrected chi connectivity index (χ3v) is 3.54. The minimum absolute atomic E-state index is 0.422. The number of nitrogens with one attached hydrogen (secondary N) is 1. The van der Waals surface area contributed by atoms with Gasteiger partial charge in [-0.25, -0.2) is 9.59 Å². The SMILES string of the molecule is CC(C)(C)OC(=O)N[C@@](Cc1ccccc1)(C(=O)O)C(=O)[C@@H](N)CC(=O)O. The van der Waals surface area contributed by atoms with Gasteiger partial charge >= 0.3 is 18.0 Å². The molecule has 0 aliphatic rings. The Hall–Kier alpha value is -2.94. The van der Waals surface area contributed by atoms with Crippen molar-refractivity contribution in [3.8, 4) is 0 Å². The highest BCUT2D eigenvalue weighted by atomic mass is 16.6. The Labute approximate surface area is 156 Å². The number of benzene rings is 1. The number of carboxylic acid groups (broad SMARTS) is 2. The molecule has 0 heterocycles. The van der Waals surface area contributed by atoms with Gasteiger partial charge in [0.05, 0.1) is 12.5 Å². The van der Waals surface area contributed by atoms with Crippen molar-refractivity contribution in [2.75, 3.05) is 0 Å². The standard InChI is InChI=1S/C18H24N2O7/c1-17(2,3)27-16(26)20-18(15(24)25,10-11-7-5-4-6-8-11)14(23)12(19)9-13(21)22/h4-8,12H,9-10,19H2,1-3H3,(H,20,26)(H,21,22)(H,24,25)/t12-,18+/m0/s1. The van der Waals surface area contributed by atoms with Gasteiger partial charge in [0.15, 0.2) is 5.78 Å². The number of rotatable bonds is 8. The van der Waals surface area contributed by atoms with Crippen molar-refractivity contribution in [3.05, 3.63) is 35.9 Å². The molecule has 0 spiro atoms. The van der Waals surface area contributed by atoms with Crippen LogP contribution in [0.1, 0.15) is 32.8 Å². The Morgan fingerprint density at radius 2 is 1.67 bits per heavy atom. The summed E-state index contributed by atoms with van der Waals surface area (Å²) >= 11 is 0. The third-order valence-electron chi connectivity index (χ3n) is 3.54. The van der Waals surface area contributed by atoms with Crippen LogP contribution in [0.15, 0.2) is 30.3 Å². The van der Waals surface area contributed by atoms with E-state index in [0.717, 1.165) is 0 Å². The summed E-state index contributed by atoms with van der Waals surface area (Å²) in [5, 5.41) is 20.8. The smallest absolute Gasteiger partial charge is 0.408 e. The van der Waals surface area contributed by atoms with Gasteiger partial charge in [0.2, 0.25) is 5.54 Å². The normalized spacial score (nSPS) is 14.5. The zero-order chi connectivity index (χ0) is 20.8. The molecule has 2 atom stereocenters. The van der Waals surface area contributed by atoms with Crippen LogP contribution in [-0.4, -0.2) is 51.2 Å². The summed E-state index contributed by atoms with van der Waals surface area (Å²) in [4.78, 5) is 48.0. The molecule has 27 heavy (non-hydrogen) atoms. The van der Waals surface area contributed by atoms with Gasteiger partial charge in [-0.05, 0) is 26.3 Å². The number of carboxylic acids is 2. The van der Waals surface area contributed by atoms with E-state index in [0.29, 0.717) is 5.56 Å². The highest BCUT2D eigenvalue weighted by molar-refractivity contribution is 6.12. The summed E-state index contributed by atoms with van der Waals surface area (Å²) in [6.45, 7) is 4.72. The van der Waals surface area contributed by atoms with Crippen LogP contribution in [-0.2, 0) is 25.5 Å². The van der Waals surface area contributed by atoms with Crippen molar-refractivity contribution in [2.45, 2.75) is 50.8 Å². The number of carbonyl (C=O) groups is 4.